The highest BCUT2D eigenvalue weighted by Crippen LogP contribution is 2.13. The van der Waals surface area contributed by atoms with Crippen LogP contribution in [-0.4, -0.2) is 25.2 Å². The molecule has 0 radical (unpaired) electrons. The van der Waals surface area contributed by atoms with E-state index in [-0.39, 0.29) is 12.0 Å². The second-order valence-electron chi connectivity index (χ2n) is 3.40. The Morgan fingerprint density at radius 3 is 2.83 bits per heavy atom. The summed E-state index contributed by atoms with van der Waals surface area (Å²) in [6.07, 6.45) is 2.04. The van der Waals surface area contributed by atoms with Crippen molar-refractivity contribution in [2.45, 2.75) is 32.7 Å². The maximum Gasteiger partial charge on any atom is 0.323 e. The number of ether oxygens (including phenoxy) is 1. The molecule has 0 aromatic rings. The van der Waals surface area contributed by atoms with E-state index in [1.807, 2.05) is 6.92 Å². The fraction of sp³-hybridized carbons (Fsp3) is 0.889. The number of carbonyl (C=O) groups is 1. The highest BCUT2D eigenvalue weighted by Gasteiger charge is 2.24. The lowest BCUT2D eigenvalue weighted by Crippen LogP contribution is -2.44. The van der Waals surface area contributed by atoms with Crippen LogP contribution in [0.15, 0.2) is 0 Å². The van der Waals surface area contributed by atoms with Crippen molar-refractivity contribution in [2.75, 3.05) is 13.2 Å². The Morgan fingerprint density at radius 1 is 1.58 bits per heavy atom. The van der Waals surface area contributed by atoms with Gasteiger partial charge in [0, 0.05) is 0 Å². The Hall–Kier alpha value is -0.570. The number of rotatable bonds is 2. The maximum atomic E-state index is 11.2. The predicted octanol–water partition coefficient (Wildman–Crippen LogP) is 0.938. The fourth-order valence-corrected chi connectivity index (χ4v) is 1.44. The third kappa shape index (κ3) is 2.48. The molecule has 3 heteroatoms. The first kappa shape index (κ1) is 9.52. The van der Waals surface area contributed by atoms with E-state index in [0.29, 0.717) is 12.5 Å². The van der Waals surface area contributed by atoms with Gasteiger partial charge in [-0.15, -0.1) is 0 Å². The van der Waals surface area contributed by atoms with Crippen LogP contribution >= 0.6 is 0 Å². The van der Waals surface area contributed by atoms with Crippen LogP contribution in [0.5, 0.6) is 0 Å². The molecule has 0 aromatic heterocycles. The maximum absolute atomic E-state index is 11.2. The van der Waals surface area contributed by atoms with Gasteiger partial charge < -0.3 is 10.1 Å². The lowest BCUT2D eigenvalue weighted by molar-refractivity contribution is -0.146. The van der Waals surface area contributed by atoms with E-state index >= 15 is 0 Å². The summed E-state index contributed by atoms with van der Waals surface area (Å²) in [6.45, 7) is 5.44. The third-order valence-electron chi connectivity index (χ3n) is 2.23. The van der Waals surface area contributed by atoms with Crippen molar-refractivity contribution in [2.24, 2.45) is 5.92 Å². The monoisotopic (exact) mass is 171 g/mol. The van der Waals surface area contributed by atoms with Crippen molar-refractivity contribution in [3.8, 4) is 0 Å². The molecule has 2 atom stereocenters. The summed E-state index contributed by atoms with van der Waals surface area (Å²) in [4.78, 5) is 11.2. The molecular formula is C9H17NO2. The van der Waals surface area contributed by atoms with Crippen molar-refractivity contribution < 1.29 is 9.53 Å². The van der Waals surface area contributed by atoms with E-state index in [1.54, 1.807) is 0 Å². The molecule has 1 rings (SSSR count). The second-order valence-corrected chi connectivity index (χ2v) is 3.40. The normalized spacial score (nSPS) is 29.8. The molecule has 1 heterocycles. The van der Waals surface area contributed by atoms with Crippen molar-refractivity contribution in [3.05, 3.63) is 0 Å². The molecule has 1 aliphatic rings. The molecule has 1 N–H and O–H groups in total. The number of hydrogen-bond acceptors (Lipinski definition) is 3. The van der Waals surface area contributed by atoms with Gasteiger partial charge in [0.25, 0.3) is 0 Å². The van der Waals surface area contributed by atoms with Crippen molar-refractivity contribution in [3.63, 3.8) is 0 Å². The zero-order valence-electron chi connectivity index (χ0n) is 7.80. The number of nitrogens with one attached hydrogen (secondary N) is 1. The second kappa shape index (κ2) is 4.45. The average molecular weight is 171 g/mol. The molecule has 0 aliphatic carbocycles. The molecule has 0 spiro atoms. The van der Waals surface area contributed by atoms with E-state index in [4.69, 9.17) is 4.74 Å². The van der Waals surface area contributed by atoms with Crippen LogP contribution < -0.4 is 5.32 Å². The van der Waals surface area contributed by atoms with Gasteiger partial charge in [-0.05, 0) is 32.2 Å². The van der Waals surface area contributed by atoms with Gasteiger partial charge in [-0.3, -0.25) is 4.79 Å². The predicted molar refractivity (Wildman–Crippen MR) is 46.8 cm³/mol. The molecule has 2 unspecified atom stereocenters. The van der Waals surface area contributed by atoms with Crippen LogP contribution in [0.2, 0.25) is 0 Å². The van der Waals surface area contributed by atoms with Crippen molar-refractivity contribution in [1.82, 2.24) is 5.32 Å². The van der Waals surface area contributed by atoms with E-state index < -0.39 is 0 Å². The molecule has 1 saturated heterocycles. The minimum atomic E-state index is -0.0931. The van der Waals surface area contributed by atoms with Gasteiger partial charge in [-0.1, -0.05) is 6.92 Å². The number of carbonyl (C=O) groups excluding carboxylic acids is 1. The molecule has 12 heavy (non-hydrogen) atoms. The van der Waals surface area contributed by atoms with Gasteiger partial charge >= 0.3 is 5.97 Å². The Kier molecular flexibility index (Phi) is 3.53. The lowest BCUT2D eigenvalue weighted by atomic mass is 9.96. The van der Waals surface area contributed by atoms with Crippen LogP contribution in [0.1, 0.15) is 26.7 Å². The fourth-order valence-electron chi connectivity index (χ4n) is 1.44. The van der Waals surface area contributed by atoms with E-state index in [9.17, 15) is 4.79 Å². The van der Waals surface area contributed by atoms with Gasteiger partial charge in [0.2, 0.25) is 0 Å². The van der Waals surface area contributed by atoms with Gasteiger partial charge in [-0.2, -0.15) is 0 Å². The zero-order valence-corrected chi connectivity index (χ0v) is 7.80. The Bertz CT molecular complexity index is 151. The molecule has 1 fully saturated rings. The molecular weight excluding hydrogens is 154 g/mol. The third-order valence-corrected chi connectivity index (χ3v) is 2.23. The number of piperidine rings is 1. The lowest BCUT2D eigenvalue weighted by Gasteiger charge is -2.25. The highest BCUT2D eigenvalue weighted by molar-refractivity contribution is 5.75. The summed E-state index contributed by atoms with van der Waals surface area (Å²) in [5, 5.41) is 3.18. The largest absolute Gasteiger partial charge is 0.465 e. The average Bonchev–Trinajstić information content (AvgIpc) is 2.06. The van der Waals surface area contributed by atoms with Gasteiger partial charge in [-0.25, -0.2) is 0 Å². The Morgan fingerprint density at radius 2 is 2.33 bits per heavy atom. The SMILES string of the molecule is CCOC(=O)C1CCC(C)CN1. The summed E-state index contributed by atoms with van der Waals surface area (Å²) < 4.78 is 4.92. The molecule has 70 valence electrons. The Balaban J connectivity index is 2.29. The van der Waals surface area contributed by atoms with Gasteiger partial charge in [0.15, 0.2) is 0 Å². The topological polar surface area (TPSA) is 38.3 Å². The van der Waals surface area contributed by atoms with Gasteiger partial charge in [0.05, 0.1) is 6.61 Å². The summed E-state index contributed by atoms with van der Waals surface area (Å²) in [7, 11) is 0. The summed E-state index contributed by atoms with van der Waals surface area (Å²) in [5.41, 5.74) is 0. The highest BCUT2D eigenvalue weighted by atomic mass is 16.5. The van der Waals surface area contributed by atoms with Crippen LogP contribution in [0.3, 0.4) is 0 Å². The minimum absolute atomic E-state index is 0.0545. The molecule has 0 saturated carbocycles. The van der Waals surface area contributed by atoms with Crippen LogP contribution in [0, 0.1) is 5.92 Å². The first-order valence-corrected chi connectivity index (χ1v) is 4.64. The minimum Gasteiger partial charge on any atom is -0.465 e. The van der Waals surface area contributed by atoms with E-state index in [1.165, 1.54) is 0 Å². The number of hydrogen-bond donors (Lipinski definition) is 1. The first-order chi connectivity index (χ1) is 5.74. The summed E-state index contributed by atoms with van der Waals surface area (Å²) in [6, 6.07) is -0.0545. The van der Waals surface area contributed by atoms with Crippen LogP contribution in [-0.2, 0) is 9.53 Å². The first-order valence-electron chi connectivity index (χ1n) is 4.64. The molecule has 0 aromatic carbocycles. The van der Waals surface area contributed by atoms with E-state index in [0.717, 1.165) is 19.4 Å². The Labute approximate surface area is 73.5 Å². The standard InChI is InChI=1S/C9H17NO2/c1-3-12-9(11)8-5-4-7(2)6-10-8/h7-8,10H,3-6H2,1-2H3. The van der Waals surface area contributed by atoms with Crippen LogP contribution in [0.25, 0.3) is 0 Å². The smallest absolute Gasteiger partial charge is 0.323 e. The van der Waals surface area contributed by atoms with Gasteiger partial charge in [0.1, 0.15) is 6.04 Å². The van der Waals surface area contributed by atoms with Crippen LogP contribution in [0.4, 0.5) is 0 Å². The van der Waals surface area contributed by atoms with Crippen molar-refractivity contribution >= 4 is 5.97 Å². The quantitative estimate of drug-likeness (QED) is 0.628. The number of esters is 1. The molecule has 0 amide bonds. The summed E-state index contributed by atoms with van der Waals surface area (Å²) >= 11 is 0. The molecule has 3 nitrogen and oxygen atoms in total. The zero-order chi connectivity index (χ0) is 8.97. The molecule has 0 bridgehead atoms. The molecule has 1 aliphatic heterocycles. The summed E-state index contributed by atoms with van der Waals surface area (Å²) in [5.74, 6) is 0.597. The van der Waals surface area contributed by atoms with Crippen molar-refractivity contribution in [1.29, 1.82) is 0 Å². The van der Waals surface area contributed by atoms with E-state index in [2.05, 4.69) is 12.2 Å².